The van der Waals surface area contributed by atoms with E-state index < -0.39 is 11.5 Å². The molecular formula is C19H15ClN2O5. The number of aromatic nitrogens is 1. The van der Waals surface area contributed by atoms with Crippen LogP contribution in [0.25, 0.3) is 11.0 Å². The highest BCUT2D eigenvalue weighted by atomic mass is 35.5. The quantitative estimate of drug-likeness (QED) is 0.692. The van der Waals surface area contributed by atoms with Gasteiger partial charge in [-0.25, -0.2) is 9.78 Å². The standard InChI is InChI=1S/C19H15ClN2O5/c20-14-7-12(9-21-18(14)26-13-5-6-25-10-13)17(23)22-15-8-11-3-1-2-4-16(11)27-19(15)24/h1-4,7-9,13H,5-6,10H2,(H,22,23)/t13-/m0/s1. The topological polar surface area (TPSA) is 90.7 Å². The fourth-order valence-electron chi connectivity index (χ4n) is 2.74. The summed E-state index contributed by atoms with van der Waals surface area (Å²) in [5, 5.41) is 3.44. The molecule has 1 atom stereocenters. The Bertz CT molecular complexity index is 1060. The monoisotopic (exact) mass is 386 g/mol. The van der Waals surface area contributed by atoms with Gasteiger partial charge in [0.05, 0.1) is 18.8 Å². The van der Waals surface area contributed by atoms with Crippen molar-refractivity contribution in [1.29, 1.82) is 0 Å². The second kappa shape index (κ2) is 7.38. The Labute approximate surface area is 158 Å². The summed E-state index contributed by atoms with van der Waals surface area (Å²) in [4.78, 5) is 28.6. The summed E-state index contributed by atoms with van der Waals surface area (Å²) in [6.07, 6.45) is 2.00. The van der Waals surface area contributed by atoms with Crippen LogP contribution in [0.2, 0.25) is 5.02 Å². The largest absolute Gasteiger partial charge is 0.471 e. The molecule has 1 fully saturated rings. The normalized spacial score (nSPS) is 16.4. The Morgan fingerprint density at radius 3 is 2.93 bits per heavy atom. The van der Waals surface area contributed by atoms with Crippen molar-refractivity contribution in [1.82, 2.24) is 4.98 Å². The van der Waals surface area contributed by atoms with E-state index in [1.165, 1.54) is 12.3 Å². The first-order valence-electron chi connectivity index (χ1n) is 8.34. The van der Waals surface area contributed by atoms with E-state index in [4.69, 9.17) is 25.5 Å². The van der Waals surface area contributed by atoms with Crippen molar-refractivity contribution in [2.75, 3.05) is 18.5 Å². The Kier molecular flexibility index (Phi) is 4.79. The number of hydrogen-bond acceptors (Lipinski definition) is 6. The van der Waals surface area contributed by atoms with Gasteiger partial charge in [-0.2, -0.15) is 0 Å². The molecule has 0 radical (unpaired) electrons. The highest BCUT2D eigenvalue weighted by Gasteiger charge is 2.20. The third-order valence-corrected chi connectivity index (χ3v) is 4.40. The lowest BCUT2D eigenvalue weighted by molar-refractivity contribution is 0.102. The smallest absolute Gasteiger partial charge is 0.360 e. The summed E-state index contributed by atoms with van der Waals surface area (Å²) < 4.78 is 16.1. The Hall–Kier alpha value is -2.90. The van der Waals surface area contributed by atoms with E-state index in [-0.39, 0.29) is 28.3 Å². The summed E-state index contributed by atoms with van der Waals surface area (Å²) in [6.45, 7) is 1.12. The molecule has 138 valence electrons. The predicted octanol–water partition coefficient (Wildman–Crippen LogP) is 3.26. The minimum atomic E-state index is -0.637. The molecule has 8 heteroatoms. The average molecular weight is 387 g/mol. The number of hydrogen-bond donors (Lipinski definition) is 1. The van der Waals surface area contributed by atoms with Gasteiger partial charge in [-0.3, -0.25) is 4.79 Å². The van der Waals surface area contributed by atoms with Crippen LogP contribution >= 0.6 is 11.6 Å². The number of para-hydroxylation sites is 1. The molecule has 0 spiro atoms. The zero-order valence-electron chi connectivity index (χ0n) is 14.1. The highest BCUT2D eigenvalue weighted by molar-refractivity contribution is 6.32. The maximum atomic E-state index is 12.5. The first-order valence-corrected chi connectivity index (χ1v) is 8.72. The van der Waals surface area contributed by atoms with Gasteiger partial charge in [0, 0.05) is 18.0 Å². The number of nitrogens with one attached hydrogen (secondary N) is 1. The van der Waals surface area contributed by atoms with Crippen LogP contribution < -0.4 is 15.7 Å². The van der Waals surface area contributed by atoms with Gasteiger partial charge in [-0.1, -0.05) is 29.8 Å². The zero-order chi connectivity index (χ0) is 18.8. The minimum Gasteiger partial charge on any atom is -0.471 e. The van der Waals surface area contributed by atoms with Gasteiger partial charge in [0.15, 0.2) is 0 Å². The number of anilines is 1. The van der Waals surface area contributed by atoms with Crippen molar-refractivity contribution in [3.8, 4) is 5.88 Å². The Morgan fingerprint density at radius 1 is 1.30 bits per heavy atom. The molecule has 1 amide bonds. The lowest BCUT2D eigenvalue weighted by Crippen LogP contribution is -2.19. The number of pyridine rings is 1. The molecule has 1 saturated heterocycles. The molecule has 2 aromatic heterocycles. The number of benzene rings is 1. The van der Waals surface area contributed by atoms with Gasteiger partial charge in [-0.05, 0) is 18.2 Å². The molecule has 7 nitrogen and oxygen atoms in total. The maximum Gasteiger partial charge on any atom is 0.360 e. The van der Waals surface area contributed by atoms with Gasteiger partial charge in [0.25, 0.3) is 5.91 Å². The lowest BCUT2D eigenvalue weighted by atomic mass is 10.2. The van der Waals surface area contributed by atoms with Crippen LogP contribution in [0.4, 0.5) is 5.69 Å². The molecule has 4 rings (SSSR count). The molecule has 0 unspecified atom stereocenters. The summed E-state index contributed by atoms with van der Waals surface area (Å²) in [5.74, 6) is -0.281. The van der Waals surface area contributed by atoms with Gasteiger partial charge in [-0.15, -0.1) is 0 Å². The summed E-state index contributed by atoms with van der Waals surface area (Å²) in [6, 6.07) is 10.0. The van der Waals surface area contributed by atoms with Crippen LogP contribution in [-0.2, 0) is 4.74 Å². The van der Waals surface area contributed by atoms with Crippen molar-refractivity contribution in [3.63, 3.8) is 0 Å². The first-order chi connectivity index (χ1) is 13.1. The molecule has 0 bridgehead atoms. The number of carbonyl (C=O) groups excluding carboxylic acids is 1. The van der Waals surface area contributed by atoms with E-state index in [1.54, 1.807) is 24.3 Å². The number of fused-ring (bicyclic) bond motifs is 1. The number of carbonyl (C=O) groups is 1. The number of nitrogens with zero attached hydrogens (tertiary/aromatic N) is 1. The maximum absolute atomic E-state index is 12.5. The SMILES string of the molecule is O=C(Nc1cc2ccccc2oc1=O)c1cnc(O[C@H]2CCOC2)c(Cl)c1. The van der Waals surface area contributed by atoms with Gasteiger partial charge >= 0.3 is 5.63 Å². The van der Waals surface area contributed by atoms with Crippen molar-refractivity contribution >= 4 is 34.2 Å². The van der Waals surface area contributed by atoms with E-state index in [9.17, 15) is 9.59 Å². The fourth-order valence-corrected chi connectivity index (χ4v) is 2.95. The second-order valence-electron chi connectivity index (χ2n) is 6.05. The van der Waals surface area contributed by atoms with Crippen molar-refractivity contribution < 1.29 is 18.7 Å². The van der Waals surface area contributed by atoms with Crippen molar-refractivity contribution in [2.45, 2.75) is 12.5 Å². The molecule has 0 aliphatic carbocycles. The number of rotatable bonds is 4. The Balaban J connectivity index is 1.53. The second-order valence-corrected chi connectivity index (χ2v) is 6.46. The average Bonchev–Trinajstić information content (AvgIpc) is 3.17. The molecule has 1 aromatic carbocycles. The molecule has 3 heterocycles. The zero-order valence-corrected chi connectivity index (χ0v) is 14.9. The summed E-state index contributed by atoms with van der Waals surface area (Å²) in [5.41, 5.74) is 0.0470. The third-order valence-electron chi connectivity index (χ3n) is 4.13. The highest BCUT2D eigenvalue weighted by Crippen LogP contribution is 2.25. The molecule has 1 aliphatic rings. The Morgan fingerprint density at radius 2 is 2.15 bits per heavy atom. The van der Waals surface area contributed by atoms with E-state index >= 15 is 0 Å². The molecule has 3 aromatic rings. The molecular weight excluding hydrogens is 372 g/mol. The summed E-state index contributed by atoms with van der Waals surface area (Å²) in [7, 11) is 0. The lowest BCUT2D eigenvalue weighted by Gasteiger charge is -2.12. The third kappa shape index (κ3) is 3.79. The van der Waals surface area contributed by atoms with Crippen LogP contribution in [0.5, 0.6) is 5.88 Å². The van der Waals surface area contributed by atoms with Crippen LogP contribution in [0.1, 0.15) is 16.8 Å². The fraction of sp³-hybridized carbons (Fsp3) is 0.211. The first kappa shape index (κ1) is 17.5. The van der Waals surface area contributed by atoms with E-state index in [0.717, 1.165) is 6.42 Å². The van der Waals surface area contributed by atoms with E-state index in [0.29, 0.717) is 24.2 Å². The molecule has 1 N–H and O–H groups in total. The van der Waals surface area contributed by atoms with E-state index in [1.807, 2.05) is 6.07 Å². The van der Waals surface area contributed by atoms with Gasteiger partial charge in [0.2, 0.25) is 5.88 Å². The van der Waals surface area contributed by atoms with Crippen LogP contribution in [0.15, 0.2) is 51.8 Å². The minimum absolute atomic E-state index is 0.0400. The number of halogens is 1. The number of amides is 1. The van der Waals surface area contributed by atoms with Crippen LogP contribution in [-0.4, -0.2) is 30.2 Å². The van der Waals surface area contributed by atoms with Crippen LogP contribution in [0, 0.1) is 0 Å². The van der Waals surface area contributed by atoms with Crippen LogP contribution in [0.3, 0.4) is 0 Å². The van der Waals surface area contributed by atoms with Gasteiger partial charge in [0.1, 0.15) is 22.4 Å². The van der Waals surface area contributed by atoms with Gasteiger partial charge < -0.3 is 19.2 Å². The van der Waals surface area contributed by atoms with E-state index in [2.05, 4.69) is 10.3 Å². The molecule has 1 aliphatic heterocycles. The molecule has 0 saturated carbocycles. The van der Waals surface area contributed by atoms with Crippen molar-refractivity contribution in [2.24, 2.45) is 0 Å². The summed E-state index contributed by atoms with van der Waals surface area (Å²) >= 11 is 6.18. The molecule has 27 heavy (non-hydrogen) atoms. The predicted molar refractivity (Wildman–Crippen MR) is 99.5 cm³/mol. The number of ether oxygens (including phenoxy) is 2. The van der Waals surface area contributed by atoms with Crippen molar-refractivity contribution in [3.05, 3.63) is 63.6 Å².